The number of carbonyl (C=O) groups is 2. The van der Waals surface area contributed by atoms with Gasteiger partial charge in [-0.2, -0.15) is 0 Å². The lowest BCUT2D eigenvalue weighted by Gasteiger charge is -2.06. The number of benzene rings is 2. The lowest BCUT2D eigenvalue weighted by atomic mass is 10.2. The van der Waals surface area contributed by atoms with Gasteiger partial charge < -0.3 is 13.9 Å². The molecule has 4 rings (SSSR count). The van der Waals surface area contributed by atoms with E-state index in [1.807, 2.05) is 0 Å². The minimum absolute atomic E-state index is 0.0586. The average Bonchev–Trinajstić information content (AvgIpc) is 3.24. The fourth-order valence-corrected chi connectivity index (χ4v) is 2.59. The van der Waals surface area contributed by atoms with Crippen molar-refractivity contribution in [1.82, 2.24) is 10.9 Å². The summed E-state index contributed by atoms with van der Waals surface area (Å²) in [7, 11) is 0. The molecule has 0 aliphatic carbocycles. The zero-order valence-corrected chi connectivity index (χ0v) is 13.4. The Kier molecular flexibility index (Phi) is 3.70. The molecule has 2 heterocycles. The van der Waals surface area contributed by atoms with E-state index in [4.69, 9.17) is 25.5 Å². The van der Waals surface area contributed by atoms with Crippen molar-refractivity contribution in [2.45, 2.75) is 0 Å². The molecule has 1 aromatic heterocycles. The van der Waals surface area contributed by atoms with Crippen molar-refractivity contribution in [3.63, 3.8) is 0 Å². The van der Waals surface area contributed by atoms with Gasteiger partial charge in [0.2, 0.25) is 6.79 Å². The standard InChI is InChI=1S/C17H11ClN2O5/c18-11-2-4-12-10(5-11)7-15(25-12)17(22)20-19-16(21)9-1-3-13-14(6-9)24-8-23-13/h1-7H,8H2,(H,19,21)(H,20,22). The molecule has 0 atom stereocenters. The molecule has 2 aromatic carbocycles. The predicted octanol–water partition coefficient (Wildman–Crippen LogP) is 2.89. The highest BCUT2D eigenvalue weighted by molar-refractivity contribution is 6.31. The van der Waals surface area contributed by atoms with Crippen molar-refractivity contribution in [3.05, 3.63) is 58.8 Å². The van der Waals surface area contributed by atoms with Gasteiger partial charge in [0.15, 0.2) is 17.3 Å². The number of ether oxygens (including phenoxy) is 2. The van der Waals surface area contributed by atoms with Crippen LogP contribution in [0.4, 0.5) is 0 Å². The minimum Gasteiger partial charge on any atom is -0.454 e. The monoisotopic (exact) mass is 358 g/mol. The smallest absolute Gasteiger partial charge is 0.305 e. The summed E-state index contributed by atoms with van der Waals surface area (Å²) in [6.45, 7) is 0.118. The Balaban J connectivity index is 1.44. The molecule has 8 heteroatoms. The first-order valence-corrected chi connectivity index (χ1v) is 7.67. The number of carbonyl (C=O) groups excluding carboxylic acids is 2. The Labute approximate surface area is 146 Å². The number of fused-ring (bicyclic) bond motifs is 2. The van der Waals surface area contributed by atoms with Crippen molar-refractivity contribution < 1.29 is 23.5 Å². The zero-order valence-electron chi connectivity index (χ0n) is 12.7. The summed E-state index contributed by atoms with van der Waals surface area (Å²) in [6, 6.07) is 11.3. The summed E-state index contributed by atoms with van der Waals surface area (Å²) in [5, 5.41) is 1.23. The highest BCUT2D eigenvalue weighted by Gasteiger charge is 2.17. The number of rotatable bonds is 2. The molecule has 1 aliphatic rings. The van der Waals surface area contributed by atoms with Crippen LogP contribution in [0.3, 0.4) is 0 Å². The molecule has 2 amide bonds. The molecule has 2 N–H and O–H groups in total. The molecule has 3 aromatic rings. The molecule has 0 saturated heterocycles. The van der Waals surface area contributed by atoms with Crippen molar-refractivity contribution in [2.75, 3.05) is 6.79 Å². The highest BCUT2D eigenvalue weighted by atomic mass is 35.5. The van der Waals surface area contributed by atoms with E-state index in [9.17, 15) is 9.59 Å². The first-order valence-electron chi connectivity index (χ1n) is 7.29. The molecular formula is C17H11ClN2O5. The summed E-state index contributed by atoms with van der Waals surface area (Å²) in [4.78, 5) is 24.3. The van der Waals surface area contributed by atoms with Crippen LogP contribution in [-0.2, 0) is 0 Å². The fourth-order valence-electron chi connectivity index (χ4n) is 2.41. The van der Waals surface area contributed by atoms with E-state index >= 15 is 0 Å². The van der Waals surface area contributed by atoms with Crippen LogP contribution < -0.4 is 20.3 Å². The number of furan rings is 1. The number of hydrogen-bond acceptors (Lipinski definition) is 5. The Hall–Kier alpha value is -3.19. The van der Waals surface area contributed by atoms with E-state index in [2.05, 4.69) is 10.9 Å². The molecular weight excluding hydrogens is 348 g/mol. The van der Waals surface area contributed by atoms with E-state index < -0.39 is 11.8 Å². The van der Waals surface area contributed by atoms with Crippen LogP contribution in [0.1, 0.15) is 20.9 Å². The third-order valence-corrected chi connectivity index (χ3v) is 3.86. The molecule has 0 radical (unpaired) electrons. The molecule has 7 nitrogen and oxygen atoms in total. The average molecular weight is 359 g/mol. The van der Waals surface area contributed by atoms with Crippen molar-refractivity contribution in [3.8, 4) is 11.5 Å². The van der Waals surface area contributed by atoms with Gasteiger partial charge in [-0.3, -0.25) is 20.4 Å². The van der Waals surface area contributed by atoms with Gasteiger partial charge in [-0.15, -0.1) is 0 Å². The Morgan fingerprint density at radius 2 is 1.72 bits per heavy atom. The van der Waals surface area contributed by atoms with E-state index in [0.29, 0.717) is 33.1 Å². The number of amides is 2. The van der Waals surface area contributed by atoms with E-state index in [1.165, 1.54) is 6.07 Å². The van der Waals surface area contributed by atoms with Crippen LogP contribution in [0.2, 0.25) is 5.02 Å². The van der Waals surface area contributed by atoms with Gasteiger partial charge in [0.05, 0.1) is 0 Å². The lowest BCUT2D eigenvalue weighted by Crippen LogP contribution is -2.41. The SMILES string of the molecule is O=C(NNC(=O)c1cc2cc(Cl)ccc2o1)c1ccc2c(c1)OCO2. The Bertz CT molecular complexity index is 998. The number of hydrogen-bond donors (Lipinski definition) is 2. The Morgan fingerprint density at radius 1 is 0.920 bits per heavy atom. The maximum Gasteiger partial charge on any atom is 0.305 e. The largest absolute Gasteiger partial charge is 0.454 e. The van der Waals surface area contributed by atoms with Crippen molar-refractivity contribution >= 4 is 34.4 Å². The topological polar surface area (TPSA) is 89.8 Å². The summed E-state index contributed by atoms with van der Waals surface area (Å²) < 4.78 is 15.8. The van der Waals surface area contributed by atoms with Crippen LogP contribution in [0.5, 0.6) is 11.5 Å². The molecule has 1 aliphatic heterocycles. The quantitative estimate of drug-likeness (QED) is 0.687. The lowest BCUT2D eigenvalue weighted by molar-refractivity contribution is 0.0832. The molecule has 126 valence electrons. The van der Waals surface area contributed by atoms with Crippen LogP contribution in [0, 0.1) is 0 Å². The van der Waals surface area contributed by atoms with E-state index in [1.54, 1.807) is 36.4 Å². The summed E-state index contributed by atoms with van der Waals surface area (Å²) in [5.41, 5.74) is 5.47. The van der Waals surface area contributed by atoms with Crippen LogP contribution in [0.25, 0.3) is 11.0 Å². The normalized spacial score (nSPS) is 12.2. The van der Waals surface area contributed by atoms with Gasteiger partial charge in [-0.25, -0.2) is 0 Å². The number of halogens is 1. The van der Waals surface area contributed by atoms with Crippen LogP contribution in [-0.4, -0.2) is 18.6 Å². The molecule has 0 saturated carbocycles. The first kappa shape index (κ1) is 15.3. The predicted molar refractivity (Wildman–Crippen MR) is 88.7 cm³/mol. The van der Waals surface area contributed by atoms with Gasteiger partial charge in [0.1, 0.15) is 5.58 Å². The second-order valence-corrected chi connectivity index (χ2v) is 5.71. The minimum atomic E-state index is -0.582. The van der Waals surface area contributed by atoms with E-state index in [0.717, 1.165) is 0 Å². The van der Waals surface area contributed by atoms with Crippen LogP contribution >= 0.6 is 11.6 Å². The van der Waals surface area contributed by atoms with Crippen molar-refractivity contribution in [2.24, 2.45) is 0 Å². The third-order valence-electron chi connectivity index (χ3n) is 3.63. The van der Waals surface area contributed by atoms with Crippen LogP contribution in [0.15, 0.2) is 46.9 Å². The van der Waals surface area contributed by atoms with E-state index in [-0.39, 0.29) is 12.6 Å². The maximum absolute atomic E-state index is 12.1. The third kappa shape index (κ3) is 2.97. The summed E-state index contributed by atoms with van der Waals surface area (Å²) >= 11 is 5.90. The zero-order chi connectivity index (χ0) is 17.4. The second-order valence-electron chi connectivity index (χ2n) is 5.27. The maximum atomic E-state index is 12.1. The second kappa shape index (κ2) is 6.03. The van der Waals surface area contributed by atoms with Gasteiger partial charge >= 0.3 is 5.91 Å². The van der Waals surface area contributed by atoms with Crippen molar-refractivity contribution in [1.29, 1.82) is 0 Å². The summed E-state index contributed by atoms with van der Waals surface area (Å²) in [6.07, 6.45) is 0. The molecule has 0 spiro atoms. The van der Waals surface area contributed by atoms with Gasteiger partial charge in [-0.1, -0.05) is 11.6 Å². The fraction of sp³-hybridized carbons (Fsp3) is 0.0588. The molecule has 0 fully saturated rings. The molecule has 0 bridgehead atoms. The van der Waals surface area contributed by atoms with Gasteiger partial charge in [0, 0.05) is 16.0 Å². The number of nitrogens with one attached hydrogen (secondary N) is 2. The number of hydrazine groups is 1. The van der Waals surface area contributed by atoms with Gasteiger partial charge in [-0.05, 0) is 42.5 Å². The molecule has 0 unspecified atom stereocenters. The Morgan fingerprint density at radius 3 is 2.60 bits per heavy atom. The first-order chi connectivity index (χ1) is 12.1. The summed E-state index contributed by atoms with van der Waals surface area (Å²) in [5.74, 6) is 0.0325. The highest BCUT2D eigenvalue weighted by Crippen LogP contribution is 2.32. The molecule has 25 heavy (non-hydrogen) atoms. The van der Waals surface area contributed by atoms with Gasteiger partial charge in [0.25, 0.3) is 5.91 Å².